The second-order valence-corrected chi connectivity index (χ2v) is 15.6. The molecule has 0 saturated carbocycles. The van der Waals surface area contributed by atoms with Crippen LogP contribution in [0.1, 0.15) is 38.8 Å². The number of carbonyl (C=O) groups excluding carboxylic acids is 4. The third kappa shape index (κ3) is 10.3. The molecule has 2 aromatic carbocycles. The molecule has 4 atom stereocenters. The molecule has 0 aliphatic carbocycles. The summed E-state index contributed by atoms with van der Waals surface area (Å²) in [5.74, 6) is -3.92. The van der Waals surface area contributed by atoms with Crippen molar-refractivity contribution in [3.05, 3.63) is 64.7 Å². The van der Waals surface area contributed by atoms with Gasteiger partial charge in [-0.25, -0.2) is 4.79 Å². The Balaban J connectivity index is 1.89. The monoisotopic (exact) mass is 679 g/mol. The minimum absolute atomic E-state index is 0.0297. The van der Waals surface area contributed by atoms with Crippen LogP contribution in [0.3, 0.4) is 0 Å². The summed E-state index contributed by atoms with van der Waals surface area (Å²) in [6.45, 7) is 6.15. The Morgan fingerprint density at radius 3 is 2.13 bits per heavy atom. The fourth-order valence-corrected chi connectivity index (χ4v) is 7.39. The van der Waals surface area contributed by atoms with Crippen molar-refractivity contribution in [1.29, 1.82) is 0 Å². The van der Waals surface area contributed by atoms with Crippen LogP contribution < -0.4 is 27.0 Å². The van der Waals surface area contributed by atoms with E-state index in [2.05, 4.69) is 21.3 Å². The largest absolute Gasteiger partial charge is 0.508 e. The number of aromatic hydroxyl groups is 1. The van der Waals surface area contributed by atoms with E-state index in [0.717, 1.165) is 21.6 Å². The fourth-order valence-electron chi connectivity index (χ4n) is 4.45. The van der Waals surface area contributed by atoms with Crippen molar-refractivity contribution in [3.63, 3.8) is 0 Å². The number of hydrogen-bond donors (Lipinski definition) is 7. The zero-order valence-electron chi connectivity index (χ0n) is 25.3. The molecule has 15 heteroatoms. The molecule has 0 bridgehead atoms. The zero-order chi connectivity index (χ0) is 33.5. The van der Waals surface area contributed by atoms with Crippen molar-refractivity contribution in [2.75, 3.05) is 6.54 Å². The first kappa shape index (κ1) is 36.0. The van der Waals surface area contributed by atoms with Crippen molar-refractivity contribution in [3.8, 4) is 5.75 Å². The van der Waals surface area contributed by atoms with Crippen LogP contribution in [-0.4, -0.2) is 80.0 Å². The predicted octanol–water partition coefficient (Wildman–Crippen LogP) is 1.77. The van der Waals surface area contributed by atoms with Gasteiger partial charge in [0.15, 0.2) is 0 Å². The van der Waals surface area contributed by atoms with Crippen LogP contribution in [-0.2, 0) is 36.8 Å². The molecule has 2 aromatic rings. The van der Waals surface area contributed by atoms with Gasteiger partial charge in [0.2, 0.25) is 23.6 Å². The topological polar surface area (TPSA) is 200 Å². The molecule has 0 unspecified atom stereocenters. The minimum Gasteiger partial charge on any atom is -0.508 e. The van der Waals surface area contributed by atoms with E-state index >= 15 is 0 Å². The summed E-state index contributed by atoms with van der Waals surface area (Å²) in [7, 11) is 2.29. The quantitative estimate of drug-likeness (QED) is 0.212. The molecule has 12 nitrogen and oxygen atoms in total. The molecule has 1 heterocycles. The van der Waals surface area contributed by atoms with E-state index in [1.165, 1.54) is 12.1 Å². The van der Waals surface area contributed by atoms with Gasteiger partial charge in [-0.1, -0.05) is 57.5 Å². The van der Waals surface area contributed by atoms with E-state index in [9.17, 15) is 34.2 Å². The molecule has 1 fully saturated rings. The summed E-state index contributed by atoms with van der Waals surface area (Å²) >= 11 is 5.98. The fraction of sp³-hybridized carbons (Fsp3) is 0.433. The van der Waals surface area contributed by atoms with Crippen molar-refractivity contribution in [2.45, 2.75) is 74.2 Å². The molecular weight excluding hydrogens is 642 g/mol. The van der Waals surface area contributed by atoms with Gasteiger partial charge in [0.05, 0.1) is 17.3 Å². The number of aliphatic carboxylic acids is 1. The van der Waals surface area contributed by atoms with Gasteiger partial charge in [0.1, 0.15) is 23.9 Å². The van der Waals surface area contributed by atoms with Gasteiger partial charge in [-0.15, -0.1) is 0 Å². The Bertz CT molecular complexity index is 1410. The van der Waals surface area contributed by atoms with Crippen LogP contribution in [0.2, 0.25) is 5.02 Å². The molecule has 3 rings (SSSR count). The van der Waals surface area contributed by atoms with Gasteiger partial charge in [-0.05, 0) is 69.5 Å². The van der Waals surface area contributed by atoms with Gasteiger partial charge in [-0.2, -0.15) is 0 Å². The number of benzene rings is 2. The molecule has 0 aromatic heterocycles. The number of phenolic OH excluding ortho intramolecular Hbond substituents is 1. The number of rotatable bonds is 7. The van der Waals surface area contributed by atoms with Gasteiger partial charge in [0.25, 0.3) is 0 Å². The molecule has 1 saturated heterocycles. The van der Waals surface area contributed by atoms with Crippen molar-refractivity contribution in [2.24, 2.45) is 5.73 Å². The van der Waals surface area contributed by atoms with Gasteiger partial charge < -0.3 is 37.2 Å². The lowest BCUT2D eigenvalue weighted by molar-refractivity contribution is -0.143. The number of carboxylic acids is 1. The number of carbonyl (C=O) groups is 5. The number of carboxylic acid groups (broad SMARTS) is 1. The predicted molar refractivity (Wildman–Crippen MR) is 175 cm³/mol. The summed E-state index contributed by atoms with van der Waals surface area (Å²) in [4.78, 5) is 65.5. The molecule has 1 aliphatic heterocycles. The second-order valence-electron chi connectivity index (χ2n) is 11.7. The lowest BCUT2D eigenvalue weighted by atomic mass is 10.00. The number of hydrogen-bond acceptors (Lipinski definition) is 9. The van der Waals surface area contributed by atoms with Crippen LogP contribution in [0.5, 0.6) is 5.75 Å². The van der Waals surface area contributed by atoms with Crippen molar-refractivity contribution in [1.82, 2.24) is 21.3 Å². The smallest absolute Gasteiger partial charge is 0.327 e. The third-order valence-electron chi connectivity index (χ3n) is 7.10. The highest BCUT2D eigenvalue weighted by Crippen LogP contribution is 2.46. The molecular formula is C30H38ClN5O7S2. The van der Waals surface area contributed by atoms with E-state index in [1.54, 1.807) is 64.1 Å². The molecule has 0 radical (unpaired) electrons. The van der Waals surface area contributed by atoms with Gasteiger partial charge in [0, 0.05) is 16.2 Å². The highest BCUT2D eigenvalue weighted by atomic mass is 35.5. The first-order chi connectivity index (χ1) is 21.0. The van der Waals surface area contributed by atoms with Gasteiger partial charge in [-0.3, -0.25) is 19.2 Å². The van der Waals surface area contributed by atoms with E-state index in [-0.39, 0.29) is 18.6 Å². The lowest BCUT2D eigenvalue weighted by Gasteiger charge is -2.38. The first-order valence-electron chi connectivity index (χ1n) is 14.0. The third-order valence-corrected chi connectivity index (χ3v) is 11.6. The number of nitrogens with one attached hydrogen (secondary N) is 4. The van der Waals surface area contributed by atoms with E-state index in [4.69, 9.17) is 17.3 Å². The SMILES string of the molecule is CC1(C)SSC(C)(C)[C@H](C(=O)O)NC(=O)[C@H](Cc2ccc(Cl)cc2)NC(=O)CNC(=O)[C@H]1NC(=O)[C@H](N)Cc1ccc(O)cc1. The van der Waals surface area contributed by atoms with Crippen molar-refractivity contribution < 1.29 is 34.2 Å². The summed E-state index contributed by atoms with van der Waals surface area (Å²) in [6, 6.07) is 8.05. The van der Waals surface area contributed by atoms with Crippen LogP contribution in [0.4, 0.5) is 0 Å². The average Bonchev–Trinajstić information content (AvgIpc) is 2.97. The van der Waals surface area contributed by atoms with E-state index in [1.807, 2.05) is 0 Å². The van der Waals surface area contributed by atoms with E-state index in [0.29, 0.717) is 16.1 Å². The maximum absolute atomic E-state index is 13.5. The number of phenols is 1. The lowest BCUT2D eigenvalue weighted by Crippen LogP contribution is -2.61. The Morgan fingerprint density at radius 2 is 1.53 bits per heavy atom. The Kier molecular flexibility index (Phi) is 12.2. The molecule has 8 N–H and O–H groups in total. The van der Waals surface area contributed by atoms with Crippen LogP contribution in [0, 0.1) is 0 Å². The average molecular weight is 680 g/mol. The summed E-state index contributed by atoms with van der Waals surface area (Å²) in [6.07, 6.45) is 0.162. The second kappa shape index (κ2) is 15.2. The van der Waals surface area contributed by atoms with Crippen LogP contribution >= 0.6 is 33.2 Å². The standard InChI is InChI=1S/C30H38ClN5O7S2/c1-29(2)23(35-25(39)20(32)13-16-7-11-19(37)12-8-16)27(41)33-15-22(38)34-21(14-17-5-9-18(31)10-6-17)26(40)36-24(28(42)43)30(3,4)45-44-29/h5-12,20-21,23-24,37H,13-15,32H2,1-4H3,(H,33,41)(H,34,38)(H,35,39)(H,36,40)(H,42,43)/t20-,21+,23-,24+/m1/s1. The van der Waals surface area contributed by atoms with Crippen LogP contribution in [0.25, 0.3) is 0 Å². The summed E-state index contributed by atoms with van der Waals surface area (Å²) in [5, 5.41) is 30.5. The molecule has 0 spiro atoms. The Morgan fingerprint density at radius 1 is 0.956 bits per heavy atom. The molecule has 244 valence electrons. The van der Waals surface area contributed by atoms with Crippen molar-refractivity contribution >= 4 is 62.8 Å². The first-order valence-corrected chi connectivity index (χ1v) is 16.6. The molecule has 4 amide bonds. The number of nitrogens with two attached hydrogens (primary N) is 1. The number of amides is 4. The number of halogens is 1. The highest BCUT2D eigenvalue weighted by molar-refractivity contribution is 8.77. The summed E-state index contributed by atoms with van der Waals surface area (Å²) < 4.78 is -2.17. The van der Waals surface area contributed by atoms with Crippen LogP contribution in [0.15, 0.2) is 48.5 Å². The maximum Gasteiger partial charge on any atom is 0.327 e. The highest BCUT2D eigenvalue weighted by Gasteiger charge is 2.44. The Labute approximate surface area is 274 Å². The summed E-state index contributed by atoms with van der Waals surface area (Å²) in [5.41, 5.74) is 7.53. The zero-order valence-corrected chi connectivity index (χ0v) is 27.6. The Hall–Kier alpha value is -3.46. The minimum atomic E-state index is -1.38. The normalized spacial score (nSPS) is 23.0. The van der Waals surface area contributed by atoms with E-state index < -0.39 is 69.8 Å². The molecule has 45 heavy (non-hydrogen) atoms. The molecule has 1 aliphatic rings. The maximum atomic E-state index is 13.5. The van der Waals surface area contributed by atoms with Gasteiger partial charge >= 0.3 is 5.97 Å².